The molecule has 1 fully saturated rings. The Morgan fingerprint density at radius 1 is 1.24 bits per heavy atom. The Balaban J connectivity index is 1.66. The first kappa shape index (κ1) is 14.9. The zero-order valence-electron chi connectivity index (χ0n) is 11.6. The summed E-state index contributed by atoms with van der Waals surface area (Å²) in [6.07, 6.45) is 1.08. The molecule has 3 rings (SSSR count). The zero-order chi connectivity index (χ0) is 15.0. The van der Waals surface area contributed by atoms with Gasteiger partial charge in [0.15, 0.2) is 0 Å². The molecule has 1 aromatic carbocycles. The van der Waals surface area contributed by atoms with Gasteiger partial charge < -0.3 is 5.32 Å². The third kappa shape index (κ3) is 3.12. The van der Waals surface area contributed by atoms with Crippen molar-refractivity contribution >= 4 is 21.8 Å². The van der Waals surface area contributed by atoms with Gasteiger partial charge in [-0.15, -0.1) is 0 Å². The molecule has 0 bridgehead atoms. The van der Waals surface area contributed by atoms with Crippen molar-refractivity contribution in [2.75, 3.05) is 0 Å². The molecule has 1 amide bonds. The van der Waals surface area contributed by atoms with Crippen LogP contribution in [-0.2, 0) is 11.2 Å². The summed E-state index contributed by atoms with van der Waals surface area (Å²) in [6, 6.07) is 7.99. The Morgan fingerprint density at radius 3 is 2.62 bits per heavy atom. The Labute approximate surface area is 131 Å². The fraction of sp³-hybridized carbons (Fsp3) is 0.562. The van der Waals surface area contributed by atoms with E-state index in [4.69, 9.17) is 0 Å². The summed E-state index contributed by atoms with van der Waals surface area (Å²) in [7, 11) is 0. The van der Waals surface area contributed by atoms with E-state index >= 15 is 0 Å². The molecule has 0 aliphatic heterocycles. The van der Waals surface area contributed by atoms with Crippen LogP contribution in [0.5, 0.6) is 0 Å². The Kier molecular flexibility index (Phi) is 4.04. The van der Waals surface area contributed by atoms with Gasteiger partial charge in [0.25, 0.3) is 0 Å². The molecular weight excluding hydrogens is 340 g/mol. The van der Waals surface area contributed by atoms with Crippen molar-refractivity contribution in [3.05, 3.63) is 35.4 Å². The van der Waals surface area contributed by atoms with Crippen LogP contribution in [-0.4, -0.2) is 16.7 Å². The second-order valence-corrected chi connectivity index (χ2v) is 7.21. The highest BCUT2D eigenvalue weighted by Gasteiger charge is 2.39. The summed E-state index contributed by atoms with van der Waals surface area (Å²) in [6.45, 7) is 0. The number of rotatable bonds is 2. The van der Waals surface area contributed by atoms with Gasteiger partial charge in [-0.2, -0.15) is 0 Å². The van der Waals surface area contributed by atoms with Crippen molar-refractivity contribution in [3.63, 3.8) is 0 Å². The number of fused-ring (bicyclic) bond motifs is 1. The van der Waals surface area contributed by atoms with E-state index in [2.05, 4.69) is 27.3 Å². The Hall–Kier alpha value is -0.970. The average molecular weight is 358 g/mol. The van der Waals surface area contributed by atoms with E-state index in [1.807, 2.05) is 18.2 Å². The average Bonchev–Trinajstić information content (AvgIpc) is 2.75. The summed E-state index contributed by atoms with van der Waals surface area (Å²) in [5, 5.41) is 3.05. The van der Waals surface area contributed by atoms with Crippen molar-refractivity contribution in [1.29, 1.82) is 0 Å². The summed E-state index contributed by atoms with van der Waals surface area (Å²) < 4.78 is 26.3. The van der Waals surface area contributed by atoms with Crippen molar-refractivity contribution in [3.8, 4) is 0 Å². The molecule has 114 valence electrons. The molecule has 0 saturated heterocycles. The van der Waals surface area contributed by atoms with Crippen LogP contribution in [0.15, 0.2) is 24.3 Å². The van der Waals surface area contributed by atoms with Gasteiger partial charge in [-0.05, 0) is 30.4 Å². The molecule has 2 atom stereocenters. The van der Waals surface area contributed by atoms with Crippen molar-refractivity contribution in [2.45, 2.75) is 48.9 Å². The summed E-state index contributed by atoms with van der Waals surface area (Å²) >= 11 is 3.62. The number of halogens is 3. The van der Waals surface area contributed by atoms with Crippen LogP contribution < -0.4 is 5.32 Å². The van der Waals surface area contributed by atoms with E-state index in [-0.39, 0.29) is 48.4 Å². The van der Waals surface area contributed by atoms with Crippen molar-refractivity contribution in [2.24, 2.45) is 5.92 Å². The number of benzene rings is 1. The SMILES string of the molecule is O=C(NC1c2ccccc2CC1Br)C1CCC(F)(F)CC1. The second-order valence-electron chi connectivity index (χ2n) is 6.04. The van der Waals surface area contributed by atoms with Gasteiger partial charge in [-0.25, -0.2) is 8.78 Å². The number of nitrogens with one attached hydrogen (secondary N) is 1. The maximum Gasteiger partial charge on any atom is 0.248 e. The Morgan fingerprint density at radius 2 is 1.90 bits per heavy atom. The van der Waals surface area contributed by atoms with Gasteiger partial charge in [0.1, 0.15) is 0 Å². The fourth-order valence-electron chi connectivity index (χ4n) is 3.29. The van der Waals surface area contributed by atoms with Crippen LogP contribution >= 0.6 is 15.9 Å². The summed E-state index contributed by atoms with van der Waals surface area (Å²) in [4.78, 5) is 12.5. The lowest BCUT2D eigenvalue weighted by atomic mass is 9.86. The zero-order valence-corrected chi connectivity index (χ0v) is 13.2. The van der Waals surface area contributed by atoms with E-state index in [1.54, 1.807) is 0 Å². The number of carbonyl (C=O) groups excluding carboxylic acids is 1. The summed E-state index contributed by atoms with van der Waals surface area (Å²) in [5.74, 6) is -2.96. The highest BCUT2D eigenvalue weighted by Crippen LogP contribution is 2.38. The van der Waals surface area contributed by atoms with Gasteiger partial charge >= 0.3 is 0 Å². The third-order valence-electron chi connectivity index (χ3n) is 4.55. The standard InChI is InChI=1S/C16H18BrF2NO/c17-13-9-11-3-1-2-4-12(11)14(13)20-15(21)10-5-7-16(18,19)8-6-10/h1-4,10,13-14H,5-9H2,(H,20,21). The van der Waals surface area contributed by atoms with E-state index in [9.17, 15) is 13.6 Å². The molecule has 0 aromatic heterocycles. The first-order chi connectivity index (χ1) is 9.96. The van der Waals surface area contributed by atoms with Crippen LogP contribution in [0.25, 0.3) is 0 Å². The predicted octanol–water partition coefficient (Wildman–Crippen LogP) is 3.99. The lowest BCUT2D eigenvalue weighted by molar-refractivity contribution is -0.129. The number of hydrogen-bond donors (Lipinski definition) is 1. The highest BCUT2D eigenvalue weighted by atomic mass is 79.9. The predicted molar refractivity (Wildman–Crippen MR) is 80.6 cm³/mol. The number of hydrogen-bond acceptors (Lipinski definition) is 1. The van der Waals surface area contributed by atoms with Crippen molar-refractivity contribution in [1.82, 2.24) is 5.32 Å². The Bertz CT molecular complexity index is 539. The molecule has 21 heavy (non-hydrogen) atoms. The van der Waals surface area contributed by atoms with Gasteiger partial charge in [-0.1, -0.05) is 40.2 Å². The van der Waals surface area contributed by atoms with E-state index in [0.717, 1.165) is 12.0 Å². The van der Waals surface area contributed by atoms with Gasteiger partial charge in [0.05, 0.1) is 6.04 Å². The van der Waals surface area contributed by atoms with Gasteiger partial charge in [-0.3, -0.25) is 4.79 Å². The maximum absolute atomic E-state index is 13.2. The summed E-state index contributed by atoms with van der Waals surface area (Å²) in [5.41, 5.74) is 2.37. The van der Waals surface area contributed by atoms with Gasteiger partial charge in [0.2, 0.25) is 11.8 Å². The molecular formula is C16H18BrF2NO. The molecule has 2 nitrogen and oxygen atoms in total. The first-order valence-electron chi connectivity index (χ1n) is 7.36. The fourth-order valence-corrected chi connectivity index (χ4v) is 4.05. The number of amides is 1. The van der Waals surface area contributed by atoms with Crippen LogP contribution in [0.1, 0.15) is 42.9 Å². The molecule has 0 heterocycles. The molecule has 2 aliphatic rings. The minimum atomic E-state index is -2.59. The van der Waals surface area contributed by atoms with E-state index in [0.29, 0.717) is 0 Å². The molecule has 2 unspecified atom stereocenters. The largest absolute Gasteiger partial charge is 0.348 e. The normalized spacial score (nSPS) is 28.1. The smallest absolute Gasteiger partial charge is 0.248 e. The second kappa shape index (κ2) is 5.67. The molecule has 2 aliphatic carbocycles. The molecule has 1 N–H and O–H groups in total. The van der Waals surface area contributed by atoms with Crippen LogP contribution in [0, 0.1) is 5.92 Å². The lowest BCUT2D eigenvalue weighted by Crippen LogP contribution is -2.39. The van der Waals surface area contributed by atoms with Crippen LogP contribution in [0.3, 0.4) is 0 Å². The van der Waals surface area contributed by atoms with Crippen molar-refractivity contribution < 1.29 is 13.6 Å². The monoisotopic (exact) mass is 357 g/mol. The maximum atomic E-state index is 13.2. The third-order valence-corrected chi connectivity index (χ3v) is 5.40. The molecule has 1 saturated carbocycles. The van der Waals surface area contributed by atoms with Crippen LogP contribution in [0.2, 0.25) is 0 Å². The lowest BCUT2D eigenvalue weighted by Gasteiger charge is -2.29. The molecule has 0 spiro atoms. The molecule has 1 aromatic rings. The topological polar surface area (TPSA) is 29.1 Å². The van der Waals surface area contributed by atoms with E-state index < -0.39 is 5.92 Å². The van der Waals surface area contributed by atoms with Gasteiger partial charge in [0, 0.05) is 23.6 Å². The first-order valence-corrected chi connectivity index (χ1v) is 8.28. The van der Waals surface area contributed by atoms with Crippen LogP contribution in [0.4, 0.5) is 8.78 Å². The minimum Gasteiger partial charge on any atom is -0.348 e. The van der Waals surface area contributed by atoms with E-state index in [1.165, 1.54) is 5.56 Å². The highest BCUT2D eigenvalue weighted by molar-refractivity contribution is 9.09. The molecule has 0 radical (unpaired) electrons. The molecule has 5 heteroatoms. The quantitative estimate of drug-likeness (QED) is 0.796. The minimum absolute atomic E-state index is 0.0591. The number of carbonyl (C=O) groups is 1. The number of alkyl halides is 3.